The third-order valence-electron chi connectivity index (χ3n) is 2.78. The zero-order valence-corrected chi connectivity index (χ0v) is 10.9. The van der Waals surface area contributed by atoms with Gasteiger partial charge in [0.05, 0.1) is 12.2 Å². The Morgan fingerprint density at radius 3 is 2.94 bits per heavy atom. The molecule has 92 valence electrons. The van der Waals surface area contributed by atoms with Crippen molar-refractivity contribution in [3.8, 4) is 12.3 Å². The third-order valence-corrected chi connectivity index (χ3v) is 2.78. The lowest BCUT2D eigenvalue weighted by Gasteiger charge is -2.24. The van der Waals surface area contributed by atoms with Gasteiger partial charge in [-0.25, -0.2) is 0 Å². The second-order valence-corrected chi connectivity index (χ2v) is 4.37. The predicted molar refractivity (Wildman–Crippen MR) is 71.6 cm³/mol. The van der Waals surface area contributed by atoms with Gasteiger partial charge in [-0.2, -0.15) is 0 Å². The summed E-state index contributed by atoms with van der Waals surface area (Å²) in [5.74, 6) is 2.58. The van der Waals surface area contributed by atoms with Crippen molar-refractivity contribution in [3.05, 3.63) is 29.6 Å². The van der Waals surface area contributed by atoms with Crippen molar-refractivity contribution < 1.29 is 0 Å². The van der Waals surface area contributed by atoms with Gasteiger partial charge in [0.2, 0.25) is 0 Å². The Kier molecular flexibility index (Phi) is 5.68. The minimum absolute atomic E-state index is 0.436. The molecule has 3 heteroatoms. The highest BCUT2D eigenvalue weighted by atomic mass is 15.1. The molecule has 1 unspecified atom stereocenters. The number of aryl methyl sites for hydroxylation is 1. The van der Waals surface area contributed by atoms with Gasteiger partial charge in [-0.05, 0) is 33.0 Å². The van der Waals surface area contributed by atoms with Crippen LogP contribution in [0, 0.1) is 19.3 Å². The molecule has 0 spiro atoms. The van der Waals surface area contributed by atoms with Crippen LogP contribution in [0.2, 0.25) is 0 Å². The highest BCUT2D eigenvalue weighted by molar-refractivity contribution is 5.09. The lowest BCUT2D eigenvalue weighted by Crippen LogP contribution is -2.37. The van der Waals surface area contributed by atoms with Crippen LogP contribution in [0.5, 0.6) is 0 Å². The Morgan fingerprint density at radius 1 is 1.53 bits per heavy atom. The van der Waals surface area contributed by atoms with Crippen LogP contribution in [0.4, 0.5) is 0 Å². The lowest BCUT2D eigenvalue weighted by molar-refractivity contribution is 0.242. The van der Waals surface area contributed by atoms with Crippen molar-refractivity contribution in [3.63, 3.8) is 0 Å². The molecule has 0 amide bonds. The Hall–Kier alpha value is -1.37. The number of hydrogen-bond donors (Lipinski definition) is 1. The lowest BCUT2D eigenvalue weighted by atomic mass is 10.2. The molecule has 0 saturated carbocycles. The molecule has 1 rings (SSSR count). The van der Waals surface area contributed by atoms with Gasteiger partial charge in [0, 0.05) is 24.8 Å². The number of nitrogens with one attached hydrogen (secondary N) is 1. The summed E-state index contributed by atoms with van der Waals surface area (Å²) in [4.78, 5) is 6.77. The Labute approximate surface area is 104 Å². The molecule has 0 fully saturated rings. The van der Waals surface area contributed by atoms with E-state index in [1.807, 2.05) is 19.1 Å². The maximum Gasteiger partial charge on any atom is 0.0574 e. The first kappa shape index (κ1) is 13.7. The first-order valence-corrected chi connectivity index (χ1v) is 5.90. The molecule has 3 nitrogen and oxygen atoms in total. The minimum atomic E-state index is 0.436. The van der Waals surface area contributed by atoms with Crippen molar-refractivity contribution in [1.29, 1.82) is 0 Å². The van der Waals surface area contributed by atoms with Crippen LogP contribution in [-0.2, 0) is 6.54 Å². The van der Waals surface area contributed by atoms with Crippen LogP contribution in [0.3, 0.4) is 0 Å². The molecule has 0 bridgehead atoms. The third kappa shape index (κ3) is 4.99. The molecule has 0 aliphatic rings. The summed E-state index contributed by atoms with van der Waals surface area (Å²) in [6, 6.07) is 6.56. The highest BCUT2D eigenvalue weighted by Crippen LogP contribution is 2.04. The molecule has 0 saturated heterocycles. The monoisotopic (exact) mass is 231 g/mol. The van der Waals surface area contributed by atoms with Gasteiger partial charge >= 0.3 is 0 Å². The fraction of sp³-hybridized carbons (Fsp3) is 0.500. The standard InChI is InChI=1S/C14H21N3/c1-5-9-15-10-13(3)17(4)11-14-8-6-7-12(2)16-14/h1,6-8,13,15H,9-11H2,2-4H3. The number of likely N-dealkylation sites (N-methyl/N-ethyl adjacent to an activating group) is 1. The second kappa shape index (κ2) is 7.05. The molecule has 1 heterocycles. The maximum absolute atomic E-state index is 5.19. The molecule has 1 aromatic rings. The van der Waals surface area contributed by atoms with Crippen molar-refractivity contribution >= 4 is 0 Å². The van der Waals surface area contributed by atoms with E-state index in [1.54, 1.807) is 0 Å². The first-order chi connectivity index (χ1) is 8.13. The zero-order valence-electron chi connectivity index (χ0n) is 10.9. The van der Waals surface area contributed by atoms with Gasteiger partial charge in [-0.15, -0.1) is 6.42 Å². The van der Waals surface area contributed by atoms with Crippen LogP contribution in [-0.4, -0.2) is 36.1 Å². The van der Waals surface area contributed by atoms with E-state index in [9.17, 15) is 0 Å². The summed E-state index contributed by atoms with van der Waals surface area (Å²) in [6.07, 6.45) is 5.19. The second-order valence-electron chi connectivity index (χ2n) is 4.37. The number of rotatable bonds is 6. The number of pyridine rings is 1. The fourth-order valence-electron chi connectivity index (χ4n) is 1.61. The van der Waals surface area contributed by atoms with Crippen LogP contribution >= 0.6 is 0 Å². The summed E-state index contributed by atoms with van der Waals surface area (Å²) in [6.45, 7) is 6.58. The quantitative estimate of drug-likeness (QED) is 0.593. The van der Waals surface area contributed by atoms with Gasteiger partial charge < -0.3 is 5.32 Å². The molecule has 0 aliphatic carbocycles. The van der Waals surface area contributed by atoms with Crippen LogP contribution < -0.4 is 5.32 Å². The van der Waals surface area contributed by atoms with Crippen molar-refractivity contribution in [2.75, 3.05) is 20.1 Å². The largest absolute Gasteiger partial charge is 0.305 e. The molecular weight excluding hydrogens is 210 g/mol. The molecule has 0 radical (unpaired) electrons. The van der Waals surface area contributed by atoms with E-state index in [2.05, 4.69) is 41.2 Å². The van der Waals surface area contributed by atoms with Gasteiger partial charge in [0.25, 0.3) is 0 Å². The summed E-state index contributed by atoms with van der Waals surface area (Å²) in [7, 11) is 2.10. The molecule has 1 aromatic heterocycles. The van der Waals surface area contributed by atoms with Gasteiger partial charge in [0.15, 0.2) is 0 Å². The zero-order chi connectivity index (χ0) is 12.7. The average Bonchev–Trinajstić information content (AvgIpc) is 2.29. The SMILES string of the molecule is C#CCNCC(C)N(C)Cc1cccc(C)n1. The molecular formula is C14H21N3. The average molecular weight is 231 g/mol. The topological polar surface area (TPSA) is 28.2 Å². The molecule has 17 heavy (non-hydrogen) atoms. The van der Waals surface area contributed by atoms with E-state index >= 15 is 0 Å². The van der Waals surface area contributed by atoms with Crippen LogP contribution in [0.1, 0.15) is 18.3 Å². The first-order valence-electron chi connectivity index (χ1n) is 5.90. The van der Waals surface area contributed by atoms with Crippen molar-refractivity contribution in [2.45, 2.75) is 26.4 Å². The van der Waals surface area contributed by atoms with Gasteiger partial charge in [0.1, 0.15) is 0 Å². The van der Waals surface area contributed by atoms with E-state index in [1.165, 1.54) is 0 Å². The summed E-state index contributed by atoms with van der Waals surface area (Å²) in [5.41, 5.74) is 2.17. The highest BCUT2D eigenvalue weighted by Gasteiger charge is 2.09. The Balaban J connectivity index is 2.43. The fourth-order valence-corrected chi connectivity index (χ4v) is 1.61. The Bertz CT molecular complexity index is 381. The van der Waals surface area contributed by atoms with Crippen LogP contribution in [0.25, 0.3) is 0 Å². The normalized spacial score (nSPS) is 12.4. The molecule has 0 aliphatic heterocycles. The summed E-state index contributed by atoms with van der Waals surface area (Å²) < 4.78 is 0. The predicted octanol–water partition coefficient (Wildman–Crippen LogP) is 1.43. The molecule has 1 N–H and O–H groups in total. The Morgan fingerprint density at radius 2 is 2.29 bits per heavy atom. The minimum Gasteiger partial charge on any atom is -0.305 e. The summed E-state index contributed by atoms with van der Waals surface area (Å²) >= 11 is 0. The molecule has 1 atom stereocenters. The van der Waals surface area contributed by atoms with E-state index in [0.717, 1.165) is 24.5 Å². The van der Waals surface area contributed by atoms with E-state index < -0.39 is 0 Å². The van der Waals surface area contributed by atoms with Crippen LogP contribution in [0.15, 0.2) is 18.2 Å². The van der Waals surface area contributed by atoms with Crippen molar-refractivity contribution in [1.82, 2.24) is 15.2 Å². The van der Waals surface area contributed by atoms with Gasteiger partial charge in [-0.1, -0.05) is 12.0 Å². The van der Waals surface area contributed by atoms with E-state index in [0.29, 0.717) is 12.6 Å². The van der Waals surface area contributed by atoms with Gasteiger partial charge in [-0.3, -0.25) is 9.88 Å². The smallest absolute Gasteiger partial charge is 0.0574 e. The number of hydrogen-bond acceptors (Lipinski definition) is 3. The van der Waals surface area contributed by atoms with E-state index in [-0.39, 0.29) is 0 Å². The summed E-state index contributed by atoms with van der Waals surface area (Å²) in [5, 5.41) is 3.21. The van der Waals surface area contributed by atoms with E-state index in [4.69, 9.17) is 6.42 Å². The number of terminal acetylenes is 1. The maximum atomic E-state index is 5.19. The number of aromatic nitrogens is 1. The molecule has 0 aromatic carbocycles. The van der Waals surface area contributed by atoms with Crippen molar-refractivity contribution in [2.24, 2.45) is 0 Å². The number of nitrogens with zero attached hydrogens (tertiary/aromatic N) is 2.